The first-order valence-corrected chi connectivity index (χ1v) is 13.9. The van der Waals surface area contributed by atoms with Gasteiger partial charge in [0.05, 0.1) is 12.7 Å². The predicted octanol–water partition coefficient (Wildman–Crippen LogP) is 6.91. The second-order valence-electron chi connectivity index (χ2n) is 10.5. The molecule has 0 N–H and O–H groups in total. The van der Waals surface area contributed by atoms with Gasteiger partial charge in [0.2, 0.25) is 0 Å². The van der Waals surface area contributed by atoms with Gasteiger partial charge in [-0.2, -0.15) is 0 Å². The SMILES string of the molecule is c1ccc(COC2C[C@H](CN3CCC4(CC3)CSc3ccccc34)[C@@H](c3ccccc3)C2)cc1. The number of benzene rings is 3. The van der Waals surface area contributed by atoms with Crippen LogP contribution in [0.5, 0.6) is 0 Å². The van der Waals surface area contributed by atoms with E-state index in [2.05, 4.69) is 102 Å². The highest BCUT2D eigenvalue weighted by atomic mass is 32.2. The van der Waals surface area contributed by atoms with Gasteiger partial charge in [0.25, 0.3) is 0 Å². The number of likely N-dealkylation sites (tertiary alicyclic amines) is 1. The van der Waals surface area contributed by atoms with Gasteiger partial charge >= 0.3 is 0 Å². The van der Waals surface area contributed by atoms with Crippen molar-refractivity contribution < 1.29 is 4.74 Å². The van der Waals surface area contributed by atoms with Crippen molar-refractivity contribution in [2.75, 3.05) is 25.4 Å². The largest absolute Gasteiger partial charge is 0.374 e. The second kappa shape index (κ2) is 9.89. The van der Waals surface area contributed by atoms with Gasteiger partial charge in [0, 0.05) is 22.6 Å². The molecule has 3 heteroatoms. The van der Waals surface area contributed by atoms with Crippen LogP contribution in [0.1, 0.15) is 48.3 Å². The van der Waals surface area contributed by atoms with Gasteiger partial charge in [-0.25, -0.2) is 0 Å². The summed E-state index contributed by atoms with van der Waals surface area (Å²) in [5.41, 5.74) is 4.80. The number of fused-ring (bicyclic) bond motifs is 2. The lowest BCUT2D eigenvalue weighted by Gasteiger charge is -2.41. The molecule has 176 valence electrons. The van der Waals surface area contributed by atoms with E-state index in [-0.39, 0.29) is 0 Å². The zero-order chi connectivity index (χ0) is 22.8. The summed E-state index contributed by atoms with van der Waals surface area (Å²) >= 11 is 2.07. The Morgan fingerprint density at radius 1 is 0.824 bits per heavy atom. The van der Waals surface area contributed by atoms with Crippen molar-refractivity contribution in [2.24, 2.45) is 5.92 Å². The Morgan fingerprint density at radius 2 is 1.53 bits per heavy atom. The quantitative estimate of drug-likeness (QED) is 0.389. The predicted molar refractivity (Wildman–Crippen MR) is 141 cm³/mol. The van der Waals surface area contributed by atoms with E-state index in [4.69, 9.17) is 4.74 Å². The molecule has 0 bridgehead atoms. The molecular formula is C31H35NOS. The van der Waals surface area contributed by atoms with Crippen molar-refractivity contribution in [3.8, 4) is 0 Å². The summed E-state index contributed by atoms with van der Waals surface area (Å²) in [6, 6.07) is 31.0. The van der Waals surface area contributed by atoms with Crippen molar-refractivity contribution in [3.05, 3.63) is 102 Å². The van der Waals surface area contributed by atoms with Crippen LogP contribution in [0.3, 0.4) is 0 Å². The maximum absolute atomic E-state index is 6.45. The monoisotopic (exact) mass is 469 g/mol. The van der Waals surface area contributed by atoms with Gasteiger partial charge in [-0.3, -0.25) is 0 Å². The Labute approximate surface area is 208 Å². The smallest absolute Gasteiger partial charge is 0.0720 e. The lowest BCUT2D eigenvalue weighted by Crippen LogP contribution is -2.44. The highest BCUT2D eigenvalue weighted by Crippen LogP contribution is 2.50. The molecule has 2 aliphatic heterocycles. The average molecular weight is 470 g/mol. The van der Waals surface area contributed by atoms with Crippen molar-refractivity contribution in [3.63, 3.8) is 0 Å². The molecule has 2 heterocycles. The summed E-state index contributed by atoms with van der Waals surface area (Å²) in [6.45, 7) is 4.38. The molecule has 3 aromatic rings. The molecule has 1 unspecified atom stereocenters. The molecule has 3 aromatic carbocycles. The minimum atomic E-state index is 0.352. The molecule has 3 aliphatic rings. The van der Waals surface area contributed by atoms with Gasteiger partial charge in [0.15, 0.2) is 0 Å². The second-order valence-corrected chi connectivity index (χ2v) is 11.6. The van der Waals surface area contributed by atoms with E-state index in [1.54, 1.807) is 5.56 Å². The van der Waals surface area contributed by atoms with E-state index in [9.17, 15) is 0 Å². The molecule has 1 spiro atoms. The van der Waals surface area contributed by atoms with Gasteiger partial charge < -0.3 is 9.64 Å². The van der Waals surface area contributed by atoms with E-state index in [0.717, 1.165) is 13.0 Å². The lowest BCUT2D eigenvalue weighted by molar-refractivity contribution is 0.0405. The first-order chi connectivity index (χ1) is 16.8. The van der Waals surface area contributed by atoms with Crippen molar-refractivity contribution in [2.45, 2.75) is 54.6 Å². The number of hydrogen-bond acceptors (Lipinski definition) is 3. The van der Waals surface area contributed by atoms with Crippen LogP contribution in [0.25, 0.3) is 0 Å². The zero-order valence-electron chi connectivity index (χ0n) is 19.9. The highest BCUT2D eigenvalue weighted by molar-refractivity contribution is 7.99. The van der Waals surface area contributed by atoms with Crippen molar-refractivity contribution in [1.82, 2.24) is 4.90 Å². The third-order valence-electron chi connectivity index (χ3n) is 8.48. The molecule has 2 nitrogen and oxygen atoms in total. The molecule has 1 aliphatic carbocycles. The van der Waals surface area contributed by atoms with Crippen LogP contribution in [0.2, 0.25) is 0 Å². The van der Waals surface area contributed by atoms with Crippen molar-refractivity contribution >= 4 is 11.8 Å². The van der Waals surface area contributed by atoms with Crippen LogP contribution in [0, 0.1) is 5.92 Å². The Hall–Kier alpha value is -2.07. The van der Waals surface area contributed by atoms with Crippen LogP contribution in [0.15, 0.2) is 89.8 Å². The van der Waals surface area contributed by atoms with E-state index in [1.807, 2.05) is 0 Å². The summed E-state index contributed by atoms with van der Waals surface area (Å²) in [5, 5.41) is 0. The normalized spacial score (nSPS) is 26.1. The Balaban J connectivity index is 1.11. The average Bonchev–Trinajstić information content (AvgIpc) is 3.47. The third kappa shape index (κ3) is 4.58. The van der Waals surface area contributed by atoms with Gasteiger partial charge in [-0.05, 0) is 73.4 Å². The van der Waals surface area contributed by atoms with Crippen LogP contribution in [-0.4, -0.2) is 36.4 Å². The number of ether oxygens (including phenoxy) is 1. The maximum Gasteiger partial charge on any atom is 0.0720 e. The van der Waals surface area contributed by atoms with Crippen molar-refractivity contribution in [1.29, 1.82) is 0 Å². The van der Waals surface area contributed by atoms with Gasteiger partial charge in [-0.15, -0.1) is 11.8 Å². The van der Waals surface area contributed by atoms with Crippen LogP contribution >= 0.6 is 11.8 Å². The number of hydrogen-bond donors (Lipinski definition) is 0. The molecule has 0 aromatic heterocycles. The molecule has 1 saturated carbocycles. The molecule has 6 rings (SSSR count). The number of thioether (sulfide) groups is 1. The fourth-order valence-corrected chi connectivity index (χ4v) is 8.03. The number of nitrogens with zero attached hydrogens (tertiary/aromatic N) is 1. The fraction of sp³-hybridized carbons (Fsp3) is 0.419. The minimum absolute atomic E-state index is 0.352. The standard InChI is InChI=1S/C31H35NOS/c1-3-9-24(10-4-1)22-33-27-19-26(28(20-27)25-11-5-2-6-12-25)21-32-17-15-31(16-18-32)23-34-30-14-8-7-13-29(30)31/h1-14,26-28H,15-23H2/t26-,27?,28-/m1/s1. The van der Waals surface area contributed by atoms with E-state index < -0.39 is 0 Å². The molecule has 1 saturated heterocycles. The van der Waals surface area contributed by atoms with Crippen LogP contribution in [0.4, 0.5) is 0 Å². The molecular weight excluding hydrogens is 434 g/mol. The molecule has 34 heavy (non-hydrogen) atoms. The van der Waals surface area contributed by atoms with E-state index >= 15 is 0 Å². The fourth-order valence-electron chi connectivity index (χ4n) is 6.54. The Bertz CT molecular complexity index is 1080. The minimum Gasteiger partial charge on any atom is -0.374 e. The Morgan fingerprint density at radius 3 is 2.32 bits per heavy atom. The van der Waals surface area contributed by atoms with Crippen LogP contribution < -0.4 is 0 Å². The van der Waals surface area contributed by atoms with Gasteiger partial charge in [-0.1, -0.05) is 78.9 Å². The number of piperidine rings is 1. The summed E-state index contributed by atoms with van der Waals surface area (Å²) in [7, 11) is 0. The van der Waals surface area contributed by atoms with E-state index in [0.29, 0.717) is 23.4 Å². The van der Waals surface area contributed by atoms with Gasteiger partial charge in [0.1, 0.15) is 0 Å². The first kappa shape index (κ1) is 22.4. The van der Waals surface area contributed by atoms with E-state index in [1.165, 1.54) is 60.7 Å². The maximum atomic E-state index is 6.45. The number of rotatable bonds is 6. The summed E-state index contributed by atoms with van der Waals surface area (Å²) in [6.07, 6.45) is 5.27. The topological polar surface area (TPSA) is 12.5 Å². The Kier molecular flexibility index (Phi) is 6.51. The molecule has 2 fully saturated rings. The highest BCUT2D eigenvalue weighted by Gasteiger charge is 2.43. The van der Waals surface area contributed by atoms with Crippen LogP contribution in [-0.2, 0) is 16.8 Å². The summed E-state index contributed by atoms with van der Waals surface area (Å²) in [5.74, 6) is 2.54. The molecule has 0 amide bonds. The summed E-state index contributed by atoms with van der Waals surface area (Å²) in [4.78, 5) is 4.28. The third-order valence-corrected chi connectivity index (χ3v) is 9.84. The molecule has 0 radical (unpaired) electrons. The molecule has 3 atom stereocenters. The first-order valence-electron chi connectivity index (χ1n) is 12.9. The lowest BCUT2D eigenvalue weighted by atomic mass is 9.74. The summed E-state index contributed by atoms with van der Waals surface area (Å²) < 4.78 is 6.45. The zero-order valence-corrected chi connectivity index (χ0v) is 20.8.